The highest BCUT2D eigenvalue weighted by Gasteiger charge is 2.39. The Balaban J connectivity index is 1.37. The molecule has 5 aromatic rings. The molecular weight excluding hydrogens is 571 g/mol. The van der Waals surface area contributed by atoms with Crippen LogP contribution in [0.4, 0.5) is 0 Å². The summed E-state index contributed by atoms with van der Waals surface area (Å²) in [5.41, 5.74) is 4.86. The molecule has 0 amide bonds. The lowest BCUT2D eigenvalue weighted by molar-refractivity contribution is -0.105. The molecule has 4 heteroatoms. The van der Waals surface area contributed by atoms with E-state index in [1.807, 2.05) is 84.9 Å². The van der Waals surface area contributed by atoms with Crippen molar-refractivity contribution in [1.29, 1.82) is 0 Å². The summed E-state index contributed by atoms with van der Waals surface area (Å²) in [6.45, 7) is 7.40. The van der Waals surface area contributed by atoms with Crippen LogP contribution in [0.3, 0.4) is 0 Å². The Bertz CT molecular complexity index is 2030. The van der Waals surface area contributed by atoms with E-state index in [9.17, 15) is 0 Å². The highest BCUT2D eigenvalue weighted by Crippen LogP contribution is 2.61. The van der Waals surface area contributed by atoms with Crippen LogP contribution in [0.5, 0.6) is 5.75 Å². The van der Waals surface area contributed by atoms with Crippen molar-refractivity contribution in [3.63, 3.8) is 0 Å². The van der Waals surface area contributed by atoms with Crippen molar-refractivity contribution in [2.75, 3.05) is 6.61 Å². The average Bonchev–Trinajstić information content (AvgIpc) is 3.37. The van der Waals surface area contributed by atoms with Crippen molar-refractivity contribution >= 4 is 39.9 Å². The van der Waals surface area contributed by atoms with E-state index in [4.69, 9.17) is 9.47 Å². The van der Waals surface area contributed by atoms with Gasteiger partial charge in [0.25, 0.3) is 0 Å². The lowest BCUT2D eigenvalue weighted by Gasteiger charge is -2.24. The fourth-order valence-electron chi connectivity index (χ4n) is 6.32. The van der Waals surface area contributed by atoms with E-state index in [2.05, 4.69) is 63.0 Å². The van der Waals surface area contributed by atoms with E-state index in [-0.39, 0.29) is 11.7 Å². The Kier molecular flexibility index (Phi) is 7.74. The third-order valence-electron chi connectivity index (χ3n) is 8.80. The van der Waals surface area contributed by atoms with Gasteiger partial charge in [-0.3, -0.25) is 0 Å². The zero-order valence-corrected chi connectivity index (χ0v) is 26.9. The maximum atomic E-state index is 15.2. The van der Waals surface area contributed by atoms with Crippen molar-refractivity contribution in [3.8, 4) is 17.6 Å². The van der Waals surface area contributed by atoms with Gasteiger partial charge in [0.1, 0.15) is 5.75 Å². The molecule has 0 N–H and O–H groups in total. The van der Waals surface area contributed by atoms with Crippen LogP contribution in [0.1, 0.15) is 67.9 Å². The van der Waals surface area contributed by atoms with Gasteiger partial charge in [-0.05, 0) is 53.0 Å². The van der Waals surface area contributed by atoms with Crippen molar-refractivity contribution < 1.29 is 14.0 Å². The molecule has 1 saturated heterocycles. The molecule has 2 heterocycles. The van der Waals surface area contributed by atoms with E-state index < -0.39 is 7.14 Å². The minimum atomic E-state index is -3.11. The average molecular weight is 609 g/mol. The fourth-order valence-corrected chi connectivity index (χ4v) is 9.38. The van der Waals surface area contributed by atoms with Crippen LogP contribution in [0.2, 0.25) is 0 Å². The van der Waals surface area contributed by atoms with Gasteiger partial charge < -0.3 is 14.0 Å². The molecule has 0 saturated carbocycles. The van der Waals surface area contributed by atoms with Crippen LogP contribution in [0.15, 0.2) is 109 Å². The van der Waals surface area contributed by atoms with E-state index in [1.54, 1.807) is 0 Å². The summed E-state index contributed by atoms with van der Waals surface area (Å²) in [5, 5.41) is 4.69. The van der Waals surface area contributed by atoms with E-state index in [0.29, 0.717) is 6.61 Å². The van der Waals surface area contributed by atoms with Crippen molar-refractivity contribution in [3.05, 3.63) is 137 Å². The van der Waals surface area contributed by atoms with Gasteiger partial charge in [-0.2, -0.15) is 0 Å². The predicted molar refractivity (Wildman–Crippen MR) is 187 cm³/mol. The Morgan fingerprint density at radius 1 is 0.822 bits per heavy atom. The number of benzene rings is 5. The second kappa shape index (κ2) is 11.9. The summed E-state index contributed by atoms with van der Waals surface area (Å²) < 4.78 is 27.6. The normalized spacial score (nSPS) is 19.4. The molecule has 0 bridgehead atoms. The first-order valence-electron chi connectivity index (χ1n) is 15.8. The van der Waals surface area contributed by atoms with Crippen LogP contribution in [-0.4, -0.2) is 12.9 Å². The van der Waals surface area contributed by atoms with Gasteiger partial charge in [0.15, 0.2) is 13.4 Å². The minimum absolute atomic E-state index is 0.0311. The van der Waals surface area contributed by atoms with Crippen molar-refractivity contribution in [1.82, 2.24) is 0 Å². The van der Waals surface area contributed by atoms with Gasteiger partial charge in [0.2, 0.25) is 0 Å². The Morgan fingerprint density at radius 3 is 2.40 bits per heavy atom. The van der Waals surface area contributed by atoms with E-state index >= 15 is 4.57 Å². The molecular formula is C41H37O3P. The standard InChI is InChI=1S/C41H37O3P/c1-41(2,3)32-22-24-34-30(27-32)21-25-37(44-40-19-11-12-26-43-40)36(34)23-20-29-13-7-9-17-35(29)39-28-31-14-8-10-18-38(31)45(39,42)33-15-5-4-6-16-33/h4-10,13-18,21-22,24-25,27-28,40H,11-12,19,26H2,1-3H3. The van der Waals surface area contributed by atoms with Gasteiger partial charge in [0.05, 0.1) is 12.2 Å². The van der Waals surface area contributed by atoms with Crippen LogP contribution < -0.4 is 15.3 Å². The topological polar surface area (TPSA) is 35.5 Å². The highest BCUT2D eigenvalue weighted by atomic mass is 31.2. The highest BCUT2D eigenvalue weighted by molar-refractivity contribution is 7.88. The first-order chi connectivity index (χ1) is 21.8. The molecule has 0 spiro atoms. The molecule has 0 radical (unpaired) electrons. The molecule has 5 aromatic carbocycles. The lowest BCUT2D eigenvalue weighted by Crippen LogP contribution is -2.25. The first-order valence-corrected chi connectivity index (χ1v) is 17.5. The number of hydrogen-bond donors (Lipinski definition) is 0. The summed E-state index contributed by atoms with van der Waals surface area (Å²) in [4.78, 5) is 0. The fraction of sp³-hybridized carbons (Fsp3) is 0.220. The molecule has 0 aliphatic carbocycles. The summed E-state index contributed by atoms with van der Waals surface area (Å²) in [7, 11) is -3.11. The quantitative estimate of drug-likeness (QED) is 0.151. The molecule has 224 valence electrons. The number of hydrogen-bond acceptors (Lipinski definition) is 3. The van der Waals surface area contributed by atoms with Crippen LogP contribution >= 0.6 is 7.14 Å². The van der Waals surface area contributed by atoms with E-state index in [1.165, 1.54) is 5.56 Å². The monoisotopic (exact) mass is 608 g/mol. The zero-order chi connectivity index (χ0) is 31.0. The third-order valence-corrected chi connectivity index (χ3v) is 12.0. The molecule has 1 fully saturated rings. The van der Waals surface area contributed by atoms with Gasteiger partial charge in [0, 0.05) is 38.9 Å². The minimum Gasteiger partial charge on any atom is -0.464 e. The molecule has 0 aromatic heterocycles. The van der Waals surface area contributed by atoms with Gasteiger partial charge in [-0.25, -0.2) is 0 Å². The molecule has 7 rings (SSSR count). The maximum Gasteiger partial charge on any atom is 0.199 e. The molecule has 2 unspecified atom stereocenters. The van der Waals surface area contributed by atoms with Gasteiger partial charge in [-0.1, -0.05) is 130 Å². The molecule has 45 heavy (non-hydrogen) atoms. The summed E-state index contributed by atoms with van der Waals surface area (Å²) in [5.74, 6) is 7.76. The molecule has 3 nitrogen and oxygen atoms in total. The SMILES string of the molecule is CC(C)(C)c1ccc2c(C#Cc3ccccc3C3=Cc4ccccc4P3(=O)c3ccccc3)c(OC3CCCCO3)ccc2c1. The third kappa shape index (κ3) is 5.55. The van der Waals surface area contributed by atoms with Gasteiger partial charge in [-0.15, -0.1) is 0 Å². The second-order valence-electron chi connectivity index (χ2n) is 12.9. The predicted octanol–water partition coefficient (Wildman–Crippen LogP) is 9.27. The molecule has 2 aliphatic rings. The van der Waals surface area contributed by atoms with Crippen molar-refractivity contribution in [2.24, 2.45) is 0 Å². The number of rotatable bonds is 4. The zero-order valence-electron chi connectivity index (χ0n) is 26.0. The van der Waals surface area contributed by atoms with Crippen LogP contribution in [-0.2, 0) is 14.7 Å². The van der Waals surface area contributed by atoms with Crippen molar-refractivity contribution in [2.45, 2.75) is 51.7 Å². The Labute approximate surface area is 266 Å². The maximum absolute atomic E-state index is 15.2. The molecule has 2 atom stereocenters. The first kappa shape index (κ1) is 29.4. The smallest absolute Gasteiger partial charge is 0.199 e. The summed E-state index contributed by atoms with van der Waals surface area (Å²) in [6, 6.07) is 36.7. The number of ether oxygens (including phenoxy) is 2. The Hall–Kier alpha value is -4.35. The Morgan fingerprint density at radius 2 is 1.60 bits per heavy atom. The lowest BCUT2D eigenvalue weighted by atomic mass is 9.85. The van der Waals surface area contributed by atoms with Crippen LogP contribution in [0.25, 0.3) is 22.2 Å². The second-order valence-corrected chi connectivity index (χ2v) is 15.6. The number of fused-ring (bicyclic) bond motifs is 2. The van der Waals surface area contributed by atoms with Gasteiger partial charge >= 0.3 is 0 Å². The van der Waals surface area contributed by atoms with Crippen LogP contribution in [0, 0.1) is 11.8 Å². The summed E-state index contributed by atoms with van der Waals surface area (Å²) in [6.07, 6.45) is 4.81. The van der Waals surface area contributed by atoms with E-state index in [0.717, 1.165) is 74.0 Å². The summed E-state index contributed by atoms with van der Waals surface area (Å²) >= 11 is 0. The largest absolute Gasteiger partial charge is 0.464 e. The molecule has 2 aliphatic heterocycles.